The molecule has 1 atom stereocenters. The normalized spacial score (nSPS) is 11.7. The molecule has 0 aliphatic heterocycles. The number of rotatable bonds is 9. The zero-order valence-corrected chi connectivity index (χ0v) is 21.2. The average Bonchev–Trinajstić information content (AvgIpc) is 3.26. The van der Waals surface area contributed by atoms with Crippen LogP contribution in [-0.4, -0.2) is 42.0 Å². The minimum Gasteiger partial charge on any atom is -0.496 e. The van der Waals surface area contributed by atoms with E-state index >= 15 is 0 Å². The lowest BCUT2D eigenvalue weighted by Gasteiger charge is -2.18. The SMILES string of the molecule is COc1ccccc1C(=O)N[C@H](CCSC)C(=O)Nc1nc(-c2cc(C)c(C)cc2C)cs1. The van der Waals surface area contributed by atoms with E-state index in [2.05, 4.69) is 48.5 Å². The first-order valence-electron chi connectivity index (χ1n) is 10.6. The van der Waals surface area contributed by atoms with Gasteiger partial charge in [0.1, 0.15) is 11.8 Å². The molecule has 0 bridgehead atoms. The van der Waals surface area contributed by atoms with Crippen molar-refractivity contribution < 1.29 is 14.3 Å². The van der Waals surface area contributed by atoms with Gasteiger partial charge in [-0.2, -0.15) is 11.8 Å². The van der Waals surface area contributed by atoms with Crippen molar-refractivity contribution in [3.05, 3.63) is 64.0 Å². The van der Waals surface area contributed by atoms with Gasteiger partial charge in [0, 0.05) is 10.9 Å². The Balaban J connectivity index is 1.76. The number of nitrogens with zero attached hydrogens (tertiary/aromatic N) is 1. The molecule has 174 valence electrons. The number of nitrogens with one attached hydrogen (secondary N) is 2. The van der Waals surface area contributed by atoms with Gasteiger partial charge in [-0.1, -0.05) is 18.2 Å². The van der Waals surface area contributed by atoms with Crippen LogP contribution in [-0.2, 0) is 4.79 Å². The molecule has 0 aliphatic rings. The van der Waals surface area contributed by atoms with Crippen molar-refractivity contribution in [3.63, 3.8) is 0 Å². The number of anilines is 1. The maximum atomic E-state index is 13.1. The summed E-state index contributed by atoms with van der Waals surface area (Å²) >= 11 is 2.99. The van der Waals surface area contributed by atoms with Gasteiger partial charge >= 0.3 is 0 Å². The number of thioether (sulfide) groups is 1. The number of methoxy groups -OCH3 is 1. The lowest BCUT2D eigenvalue weighted by molar-refractivity contribution is -0.118. The summed E-state index contributed by atoms with van der Waals surface area (Å²) in [7, 11) is 1.52. The lowest BCUT2D eigenvalue weighted by atomic mass is 9.99. The molecular weight excluding hydrogens is 454 g/mol. The van der Waals surface area contributed by atoms with E-state index in [1.807, 2.05) is 11.6 Å². The van der Waals surface area contributed by atoms with Crippen molar-refractivity contribution >= 4 is 40.0 Å². The van der Waals surface area contributed by atoms with Crippen LogP contribution in [0.5, 0.6) is 5.75 Å². The second-order valence-corrected chi connectivity index (χ2v) is 9.63. The fourth-order valence-corrected chi connectivity index (χ4v) is 4.64. The molecule has 0 saturated carbocycles. The van der Waals surface area contributed by atoms with Crippen LogP contribution in [0.3, 0.4) is 0 Å². The zero-order chi connectivity index (χ0) is 24.0. The molecule has 0 saturated heterocycles. The third-order valence-corrected chi connectivity index (χ3v) is 6.84. The number of hydrogen-bond acceptors (Lipinski definition) is 6. The molecule has 0 unspecified atom stereocenters. The van der Waals surface area contributed by atoms with E-state index < -0.39 is 6.04 Å². The maximum Gasteiger partial charge on any atom is 0.255 e. The number of aryl methyl sites for hydroxylation is 3. The second kappa shape index (κ2) is 11.3. The van der Waals surface area contributed by atoms with E-state index in [0.29, 0.717) is 22.9 Å². The van der Waals surface area contributed by atoms with E-state index in [0.717, 1.165) is 22.6 Å². The summed E-state index contributed by atoms with van der Waals surface area (Å²) in [4.78, 5) is 30.5. The number of para-hydroxylation sites is 1. The van der Waals surface area contributed by atoms with E-state index in [9.17, 15) is 9.59 Å². The molecule has 2 aromatic carbocycles. The molecule has 0 fully saturated rings. The van der Waals surface area contributed by atoms with Gasteiger partial charge in [0.2, 0.25) is 5.91 Å². The molecule has 0 aliphatic carbocycles. The van der Waals surface area contributed by atoms with Crippen molar-refractivity contribution in [2.24, 2.45) is 0 Å². The summed E-state index contributed by atoms with van der Waals surface area (Å²) in [5.74, 6) is 0.562. The fraction of sp³-hybridized carbons (Fsp3) is 0.320. The van der Waals surface area contributed by atoms with Crippen molar-refractivity contribution in [3.8, 4) is 17.0 Å². The molecular formula is C25H29N3O3S2. The van der Waals surface area contributed by atoms with Crippen molar-refractivity contribution in [1.29, 1.82) is 0 Å². The van der Waals surface area contributed by atoms with Crippen LogP contribution in [0, 0.1) is 20.8 Å². The Hall–Kier alpha value is -2.84. The minimum absolute atomic E-state index is 0.287. The number of hydrogen-bond donors (Lipinski definition) is 2. The molecule has 6 nitrogen and oxygen atoms in total. The predicted molar refractivity (Wildman–Crippen MR) is 138 cm³/mol. The highest BCUT2D eigenvalue weighted by Gasteiger charge is 2.23. The standard InChI is InChI=1S/C25H29N3O3S2/c1-15-12-17(3)19(13-16(15)2)21-14-33-25(27-21)28-24(30)20(10-11-32-5)26-23(29)18-8-6-7-9-22(18)31-4/h6-9,12-14,20H,10-11H2,1-5H3,(H,26,29)(H,27,28,30)/t20-/m1/s1. The van der Waals surface area contributed by atoms with Crippen LogP contribution in [0.2, 0.25) is 0 Å². The molecule has 3 rings (SSSR count). The van der Waals surface area contributed by atoms with E-state index in [1.54, 1.807) is 36.0 Å². The van der Waals surface area contributed by atoms with Crippen LogP contribution >= 0.6 is 23.1 Å². The smallest absolute Gasteiger partial charge is 0.255 e. The molecule has 1 aromatic heterocycles. The average molecular weight is 484 g/mol. The first-order valence-corrected chi connectivity index (χ1v) is 12.9. The van der Waals surface area contributed by atoms with E-state index in [4.69, 9.17) is 4.74 Å². The fourth-order valence-electron chi connectivity index (χ4n) is 3.46. The third kappa shape index (κ3) is 6.15. The number of carbonyl (C=O) groups is 2. The predicted octanol–water partition coefficient (Wildman–Crippen LogP) is 5.23. The van der Waals surface area contributed by atoms with Crippen LogP contribution in [0.1, 0.15) is 33.5 Å². The van der Waals surface area contributed by atoms with Gasteiger partial charge < -0.3 is 15.4 Å². The van der Waals surface area contributed by atoms with Crippen LogP contribution in [0.25, 0.3) is 11.3 Å². The summed E-state index contributed by atoms with van der Waals surface area (Å²) in [6.07, 6.45) is 2.47. The highest BCUT2D eigenvalue weighted by molar-refractivity contribution is 7.98. The first-order chi connectivity index (χ1) is 15.8. The number of benzene rings is 2. The Kier molecular flexibility index (Phi) is 8.52. The molecule has 0 radical (unpaired) electrons. The Morgan fingerprint density at radius 1 is 1.12 bits per heavy atom. The third-order valence-electron chi connectivity index (χ3n) is 5.44. The number of aromatic nitrogens is 1. The second-order valence-electron chi connectivity index (χ2n) is 7.79. The molecule has 2 N–H and O–H groups in total. The van der Waals surface area contributed by atoms with Gasteiger partial charge in [-0.25, -0.2) is 4.98 Å². The van der Waals surface area contributed by atoms with Crippen molar-refractivity contribution in [2.75, 3.05) is 24.4 Å². The monoisotopic (exact) mass is 483 g/mol. The summed E-state index contributed by atoms with van der Waals surface area (Å²) in [5, 5.41) is 8.19. The highest BCUT2D eigenvalue weighted by Crippen LogP contribution is 2.29. The summed E-state index contributed by atoms with van der Waals surface area (Å²) in [6, 6.07) is 10.5. The lowest BCUT2D eigenvalue weighted by Crippen LogP contribution is -2.44. The molecule has 1 heterocycles. The van der Waals surface area contributed by atoms with Gasteiger partial charge in [0.05, 0.1) is 18.4 Å². The largest absolute Gasteiger partial charge is 0.496 e. The van der Waals surface area contributed by atoms with Gasteiger partial charge in [-0.3, -0.25) is 9.59 Å². The van der Waals surface area contributed by atoms with Crippen LogP contribution in [0.4, 0.5) is 5.13 Å². The summed E-state index contributed by atoms with van der Waals surface area (Å²) in [6.45, 7) is 6.23. The van der Waals surface area contributed by atoms with E-state index in [1.165, 1.54) is 29.6 Å². The molecule has 2 amide bonds. The van der Waals surface area contributed by atoms with Crippen molar-refractivity contribution in [2.45, 2.75) is 33.2 Å². The van der Waals surface area contributed by atoms with Crippen molar-refractivity contribution in [1.82, 2.24) is 10.3 Å². The molecule has 33 heavy (non-hydrogen) atoms. The Morgan fingerprint density at radius 2 is 1.85 bits per heavy atom. The Morgan fingerprint density at radius 3 is 2.58 bits per heavy atom. The number of ether oxygens (including phenoxy) is 1. The topological polar surface area (TPSA) is 80.3 Å². The maximum absolute atomic E-state index is 13.1. The summed E-state index contributed by atoms with van der Waals surface area (Å²) in [5.41, 5.74) is 5.85. The summed E-state index contributed by atoms with van der Waals surface area (Å²) < 4.78 is 5.28. The van der Waals surface area contributed by atoms with Gasteiger partial charge in [0.15, 0.2) is 5.13 Å². The number of amides is 2. The molecule has 3 aromatic rings. The Labute approximate surface area is 203 Å². The molecule has 0 spiro atoms. The van der Waals surface area contributed by atoms with E-state index in [-0.39, 0.29) is 11.8 Å². The highest BCUT2D eigenvalue weighted by atomic mass is 32.2. The molecule has 8 heteroatoms. The van der Waals surface area contributed by atoms with Crippen LogP contribution < -0.4 is 15.4 Å². The number of thiazole rings is 1. The minimum atomic E-state index is -0.689. The van der Waals surface area contributed by atoms with Gasteiger partial charge in [-0.05, 0) is 74.1 Å². The Bertz CT molecular complexity index is 1140. The first kappa shape index (κ1) is 24.8. The number of carbonyl (C=O) groups excluding carboxylic acids is 2. The van der Waals surface area contributed by atoms with Gasteiger partial charge in [0.25, 0.3) is 5.91 Å². The van der Waals surface area contributed by atoms with Gasteiger partial charge in [-0.15, -0.1) is 11.3 Å². The quantitative estimate of drug-likeness (QED) is 0.435. The van der Waals surface area contributed by atoms with Crippen LogP contribution in [0.15, 0.2) is 41.8 Å². The zero-order valence-electron chi connectivity index (χ0n) is 19.5.